The largest absolute Gasteiger partial charge is 0.456 e. The van der Waals surface area contributed by atoms with E-state index in [9.17, 15) is 4.79 Å². The maximum Gasteiger partial charge on any atom is 0.287 e. The van der Waals surface area contributed by atoms with E-state index in [0.29, 0.717) is 18.2 Å². The molecule has 0 saturated carbocycles. The number of nitrogens with zero attached hydrogens (tertiary/aromatic N) is 2. The van der Waals surface area contributed by atoms with Gasteiger partial charge in [-0.1, -0.05) is 0 Å². The molecule has 20 heavy (non-hydrogen) atoms. The highest BCUT2D eigenvalue weighted by molar-refractivity contribution is 5.92. The molecule has 106 valence electrons. The summed E-state index contributed by atoms with van der Waals surface area (Å²) >= 11 is 0. The molecule has 1 amide bonds. The fourth-order valence-corrected chi connectivity index (χ4v) is 2.79. The summed E-state index contributed by atoms with van der Waals surface area (Å²) in [4.78, 5) is 16.4. The van der Waals surface area contributed by atoms with Crippen molar-refractivity contribution in [2.75, 3.05) is 6.54 Å². The van der Waals surface area contributed by atoms with Gasteiger partial charge in [0.2, 0.25) is 0 Å². The zero-order valence-corrected chi connectivity index (χ0v) is 11.8. The average Bonchev–Trinajstić information content (AvgIpc) is 3.01. The molecule has 3 heterocycles. The smallest absolute Gasteiger partial charge is 0.287 e. The van der Waals surface area contributed by atoms with Crippen LogP contribution in [0.5, 0.6) is 0 Å². The van der Waals surface area contributed by atoms with Crippen molar-refractivity contribution < 1.29 is 9.21 Å². The molecule has 0 aliphatic carbocycles. The first-order chi connectivity index (χ1) is 9.63. The van der Waals surface area contributed by atoms with Gasteiger partial charge in [-0.15, -0.1) is 0 Å². The zero-order chi connectivity index (χ0) is 14.1. The van der Waals surface area contributed by atoms with Crippen LogP contribution in [0.2, 0.25) is 0 Å². The molecule has 5 nitrogen and oxygen atoms in total. The lowest BCUT2D eigenvalue weighted by molar-refractivity contribution is 0.0913. The number of amides is 1. The number of hydrogen-bond acceptors (Lipinski definition) is 3. The second kappa shape index (κ2) is 5.15. The van der Waals surface area contributed by atoms with Gasteiger partial charge >= 0.3 is 0 Å². The van der Waals surface area contributed by atoms with E-state index in [2.05, 4.69) is 14.9 Å². The lowest BCUT2D eigenvalue weighted by atomic mass is 9.99. The van der Waals surface area contributed by atoms with Crippen LogP contribution in [-0.4, -0.2) is 22.0 Å². The molecule has 0 bridgehead atoms. The van der Waals surface area contributed by atoms with Crippen LogP contribution >= 0.6 is 0 Å². The van der Waals surface area contributed by atoms with Gasteiger partial charge in [-0.25, -0.2) is 4.98 Å². The van der Waals surface area contributed by atoms with E-state index in [-0.39, 0.29) is 5.91 Å². The molecule has 5 heteroatoms. The third-order valence-corrected chi connectivity index (χ3v) is 3.83. The lowest BCUT2D eigenvalue weighted by Crippen LogP contribution is -2.33. The summed E-state index contributed by atoms with van der Waals surface area (Å²) in [7, 11) is 0. The second-order valence-electron chi connectivity index (χ2n) is 5.48. The molecule has 0 saturated heterocycles. The van der Waals surface area contributed by atoms with Crippen molar-refractivity contribution in [3.63, 3.8) is 0 Å². The molecule has 0 fully saturated rings. The summed E-state index contributed by atoms with van der Waals surface area (Å²) in [5, 5.41) is 2.98. The van der Waals surface area contributed by atoms with Gasteiger partial charge in [0.05, 0.1) is 0 Å². The van der Waals surface area contributed by atoms with Crippen LogP contribution in [0.3, 0.4) is 0 Å². The highest BCUT2D eigenvalue weighted by Gasteiger charge is 2.21. The Labute approximate surface area is 118 Å². The van der Waals surface area contributed by atoms with Crippen LogP contribution in [0.15, 0.2) is 22.9 Å². The van der Waals surface area contributed by atoms with E-state index >= 15 is 0 Å². The Morgan fingerprint density at radius 3 is 3.15 bits per heavy atom. The van der Waals surface area contributed by atoms with Gasteiger partial charge in [0.25, 0.3) is 5.91 Å². The first-order valence-corrected chi connectivity index (χ1v) is 6.98. The van der Waals surface area contributed by atoms with Crippen LogP contribution in [0.25, 0.3) is 0 Å². The van der Waals surface area contributed by atoms with E-state index in [4.69, 9.17) is 4.42 Å². The predicted molar refractivity (Wildman–Crippen MR) is 74.6 cm³/mol. The molecule has 0 spiro atoms. The van der Waals surface area contributed by atoms with Crippen LogP contribution in [0.4, 0.5) is 0 Å². The first-order valence-electron chi connectivity index (χ1n) is 6.98. The lowest BCUT2D eigenvalue weighted by Gasteiger charge is -2.23. The monoisotopic (exact) mass is 273 g/mol. The quantitative estimate of drug-likeness (QED) is 0.931. The Hall–Kier alpha value is -2.04. The molecule has 1 aliphatic heterocycles. The predicted octanol–water partition coefficient (Wildman–Crippen LogP) is 2.09. The van der Waals surface area contributed by atoms with Crippen LogP contribution in [-0.2, 0) is 13.0 Å². The highest BCUT2D eigenvalue weighted by atomic mass is 16.3. The normalized spacial score (nSPS) is 17.8. The van der Waals surface area contributed by atoms with Crippen LogP contribution in [0, 0.1) is 19.8 Å². The van der Waals surface area contributed by atoms with Crippen molar-refractivity contribution in [1.29, 1.82) is 0 Å². The molecule has 2 aromatic rings. The number of carbonyl (C=O) groups is 1. The van der Waals surface area contributed by atoms with E-state index < -0.39 is 0 Å². The molecule has 0 aromatic carbocycles. The molecular weight excluding hydrogens is 254 g/mol. The Bertz CT molecular complexity index is 627. The molecule has 1 atom stereocenters. The summed E-state index contributed by atoms with van der Waals surface area (Å²) in [6.45, 7) is 5.34. The summed E-state index contributed by atoms with van der Waals surface area (Å²) in [5.74, 6) is 2.68. The number of nitrogens with one attached hydrogen (secondary N) is 1. The third kappa shape index (κ3) is 2.48. The number of aromatic nitrogens is 2. The van der Waals surface area contributed by atoms with Gasteiger partial charge in [0.15, 0.2) is 5.76 Å². The van der Waals surface area contributed by atoms with E-state index in [1.807, 2.05) is 32.3 Å². The van der Waals surface area contributed by atoms with Crippen molar-refractivity contribution in [2.45, 2.75) is 33.2 Å². The fraction of sp³-hybridized carbons (Fsp3) is 0.467. The van der Waals surface area contributed by atoms with Crippen molar-refractivity contribution in [3.05, 3.63) is 41.4 Å². The maximum absolute atomic E-state index is 12.1. The number of hydrogen-bond donors (Lipinski definition) is 1. The number of fused-ring (bicyclic) bond motifs is 1. The second-order valence-corrected chi connectivity index (χ2v) is 5.48. The number of rotatable bonds is 3. The van der Waals surface area contributed by atoms with Gasteiger partial charge in [-0.05, 0) is 32.3 Å². The topological polar surface area (TPSA) is 60.1 Å². The SMILES string of the molecule is Cc1cc(C)c(C(=O)NCC2CCc3nccn3C2)o1. The van der Waals surface area contributed by atoms with Crippen LogP contribution < -0.4 is 5.32 Å². The van der Waals surface area contributed by atoms with Gasteiger partial charge in [-0.3, -0.25) is 4.79 Å². The number of furan rings is 1. The van der Waals surface area contributed by atoms with Gasteiger partial charge < -0.3 is 14.3 Å². The minimum atomic E-state index is -0.118. The minimum Gasteiger partial charge on any atom is -0.456 e. The number of aryl methyl sites for hydroxylation is 3. The third-order valence-electron chi connectivity index (χ3n) is 3.83. The molecule has 3 rings (SSSR count). The Kier molecular flexibility index (Phi) is 3.34. The van der Waals surface area contributed by atoms with Crippen molar-refractivity contribution in [3.8, 4) is 0 Å². The Morgan fingerprint density at radius 2 is 2.40 bits per heavy atom. The number of imidazole rings is 1. The maximum atomic E-state index is 12.1. The molecule has 0 radical (unpaired) electrons. The molecule has 1 aliphatic rings. The van der Waals surface area contributed by atoms with Crippen molar-refractivity contribution in [2.24, 2.45) is 5.92 Å². The van der Waals surface area contributed by atoms with Crippen molar-refractivity contribution >= 4 is 5.91 Å². The average molecular weight is 273 g/mol. The van der Waals surface area contributed by atoms with Crippen LogP contribution in [0.1, 0.15) is 34.1 Å². The summed E-state index contributed by atoms with van der Waals surface area (Å²) in [6.07, 6.45) is 5.88. The fourth-order valence-electron chi connectivity index (χ4n) is 2.79. The molecule has 1 N–H and O–H groups in total. The van der Waals surface area contributed by atoms with E-state index in [1.54, 1.807) is 0 Å². The molecule has 1 unspecified atom stereocenters. The molecule has 2 aromatic heterocycles. The first kappa shape index (κ1) is 13.0. The highest BCUT2D eigenvalue weighted by Crippen LogP contribution is 2.18. The van der Waals surface area contributed by atoms with Gasteiger partial charge in [0.1, 0.15) is 11.6 Å². The van der Waals surface area contributed by atoms with E-state index in [1.165, 1.54) is 0 Å². The Balaban J connectivity index is 1.58. The summed E-state index contributed by atoms with van der Waals surface area (Å²) < 4.78 is 7.60. The van der Waals surface area contributed by atoms with Gasteiger partial charge in [-0.2, -0.15) is 0 Å². The minimum absolute atomic E-state index is 0.118. The van der Waals surface area contributed by atoms with E-state index in [0.717, 1.165) is 36.5 Å². The van der Waals surface area contributed by atoms with Gasteiger partial charge in [0, 0.05) is 37.5 Å². The zero-order valence-electron chi connectivity index (χ0n) is 11.8. The number of carbonyl (C=O) groups excluding carboxylic acids is 1. The summed E-state index contributed by atoms with van der Waals surface area (Å²) in [5.41, 5.74) is 0.889. The van der Waals surface area contributed by atoms with Crippen molar-refractivity contribution in [1.82, 2.24) is 14.9 Å². The standard InChI is InChI=1S/C15H19N3O2/c1-10-7-11(2)20-14(10)15(19)17-8-12-3-4-13-16-5-6-18(13)9-12/h5-7,12H,3-4,8-9H2,1-2H3,(H,17,19). The summed E-state index contributed by atoms with van der Waals surface area (Å²) in [6, 6.07) is 1.88. The molecular formula is C15H19N3O2. The Morgan fingerprint density at radius 1 is 1.55 bits per heavy atom.